The second kappa shape index (κ2) is 8.21. The number of thiophene rings is 1. The maximum absolute atomic E-state index is 12.7. The molecule has 0 spiro atoms. The summed E-state index contributed by atoms with van der Waals surface area (Å²) in [5.41, 5.74) is 1.21. The van der Waals surface area contributed by atoms with Gasteiger partial charge in [0.1, 0.15) is 0 Å². The maximum atomic E-state index is 12.7. The molecule has 0 aliphatic carbocycles. The molecule has 0 saturated carbocycles. The van der Waals surface area contributed by atoms with E-state index in [0.29, 0.717) is 24.2 Å². The lowest BCUT2D eigenvalue weighted by atomic mass is 10.1. The minimum atomic E-state index is -3.11. The van der Waals surface area contributed by atoms with Gasteiger partial charge in [0.2, 0.25) is 0 Å². The largest absolute Gasteiger partial charge is 0.336 e. The second-order valence-corrected chi connectivity index (χ2v) is 11.2. The number of rotatable bonds is 5. The van der Waals surface area contributed by atoms with E-state index in [1.165, 1.54) is 11.1 Å². The number of halogens is 1. The average Bonchev–Trinajstić information content (AvgIpc) is 2.98. The first-order valence-corrected chi connectivity index (χ1v) is 12.0. The molecule has 1 saturated heterocycles. The van der Waals surface area contributed by atoms with Crippen molar-refractivity contribution in [3.63, 3.8) is 0 Å². The van der Waals surface area contributed by atoms with Crippen LogP contribution in [0.5, 0.6) is 0 Å². The van der Waals surface area contributed by atoms with E-state index in [4.69, 9.17) is 0 Å². The first kappa shape index (κ1) is 19.5. The van der Waals surface area contributed by atoms with E-state index < -0.39 is 9.84 Å². The Hall–Kier alpha value is -1.22. The van der Waals surface area contributed by atoms with Gasteiger partial charge in [0.15, 0.2) is 9.84 Å². The Morgan fingerprint density at radius 3 is 2.50 bits per heavy atom. The van der Waals surface area contributed by atoms with Crippen LogP contribution in [0.3, 0.4) is 0 Å². The summed E-state index contributed by atoms with van der Waals surface area (Å²) in [5.74, 6) is -0.0722. The SMILES string of the molecule is CS(=O)(=O)Cc1cccc(C(=O)N2CCN(Cc3ccc(Br)s3)CC2)c1. The number of carbonyl (C=O) groups is 1. The summed E-state index contributed by atoms with van der Waals surface area (Å²) >= 11 is 5.22. The summed E-state index contributed by atoms with van der Waals surface area (Å²) in [5, 5.41) is 0. The highest BCUT2D eigenvalue weighted by molar-refractivity contribution is 9.11. The number of benzene rings is 1. The molecule has 1 aromatic carbocycles. The van der Waals surface area contributed by atoms with Crippen molar-refractivity contribution in [2.24, 2.45) is 0 Å². The number of hydrogen-bond acceptors (Lipinski definition) is 5. The minimum absolute atomic E-state index is 0.0288. The lowest BCUT2D eigenvalue weighted by Crippen LogP contribution is -2.48. The lowest BCUT2D eigenvalue weighted by molar-refractivity contribution is 0.0629. The van der Waals surface area contributed by atoms with Gasteiger partial charge < -0.3 is 4.90 Å². The zero-order valence-electron chi connectivity index (χ0n) is 14.5. The molecule has 140 valence electrons. The number of piperazine rings is 1. The van der Waals surface area contributed by atoms with E-state index in [2.05, 4.69) is 33.0 Å². The van der Waals surface area contributed by atoms with Crippen molar-refractivity contribution in [2.45, 2.75) is 12.3 Å². The Bertz CT molecular complexity index is 887. The smallest absolute Gasteiger partial charge is 0.253 e. The first-order valence-electron chi connectivity index (χ1n) is 8.33. The molecular weight excluding hydrogens is 436 g/mol. The Labute approximate surface area is 166 Å². The van der Waals surface area contributed by atoms with Gasteiger partial charge in [0.25, 0.3) is 5.91 Å². The minimum Gasteiger partial charge on any atom is -0.336 e. The van der Waals surface area contributed by atoms with E-state index in [1.807, 2.05) is 4.90 Å². The van der Waals surface area contributed by atoms with E-state index >= 15 is 0 Å². The highest BCUT2D eigenvalue weighted by atomic mass is 79.9. The van der Waals surface area contributed by atoms with Crippen LogP contribution in [-0.4, -0.2) is 56.6 Å². The van der Waals surface area contributed by atoms with E-state index in [0.717, 1.165) is 23.4 Å². The van der Waals surface area contributed by atoms with Gasteiger partial charge in [-0.15, -0.1) is 11.3 Å². The van der Waals surface area contributed by atoms with Crippen molar-refractivity contribution in [3.05, 3.63) is 56.2 Å². The summed E-state index contributed by atoms with van der Waals surface area (Å²) in [6.45, 7) is 3.94. The molecule has 0 unspecified atom stereocenters. The van der Waals surface area contributed by atoms with Crippen LogP contribution >= 0.6 is 27.3 Å². The molecule has 26 heavy (non-hydrogen) atoms. The number of hydrogen-bond donors (Lipinski definition) is 0. The number of carbonyl (C=O) groups excluding carboxylic acids is 1. The van der Waals surface area contributed by atoms with E-state index in [1.54, 1.807) is 35.6 Å². The normalized spacial score (nSPS) is 16.0. The fourth-order valence-electron chi connectivity index (χ4n) is 3.05. The fourth-order valence-corrected chi connectivity index (χ4v) is 5.36. The molecule has 8 heteroatoms. The highest BCUT2D eigenvalue weighted by Gasteiger charge is 2.22. The third-order valence-corrected chi connectivity index (χ3v) is 6.74. The number of sulfone groups is 1. The van der Waals surface area contributed by atoms with Gasteiger partial charge in [0.05, 0.1) is 9.54 Å². The van der Waals surface area contributed by atoms with Gasteiger partial charge in [-0.25, -0.2) is 8.42 Å². The van der Waals surface area contributed by atoms with Gasteiger partial charge in [-0.05, 0) is 45.8 Å². The molecule has 0 atom stereocenters. The molecule has 1 aromatic heterocycles. The van der Waals surface area contributed by atoms with E-state index in [-0.39, 0.29) is 11.7 Å². The fraction of sp³-hybridized carbons (Fsp3) is 0.389. The summed E-state index contributed by atoms with van der Waals surface area (Å²) in [6.07, 6.45) is 1.20. The summed E-state index contributed by atoms with van der Waals surface area (Å²) in [4.78, 5) is 18.2. The second-order valence-electron chi connectivity index (χ2n) is 6.54. The van der Waals surface area contributed by atoms with E-state index in [9.17, 15) is 13.2 Å². The van der Waals surface area contributed by atoms with Gasteiger partial charge >= 0.3 is 0 Å². The van der Waals surface area contributed by atoms with Gasteiger partial charge in [-0.1, -0.05) is 12.1 Å². The number of amides is 1. The quantitative estimate of drug-likeness (QED) is 0.693. The predicted molar refractivity (Wildman–Crippen MR) is 108 cm³/mol. The lowest BCUT2D eigenvalue weighted by Gasteiger charge is -2.34. The van der Waals surface area contributed by atoms with Gasteiger partial charge in [-0.3, -0.25) is 9.69 Å². The third kappa shape index (κ3) is 5.39. The van der Waals surface area contributed by atoms with Crippen LogP contribution in [0.2, 0.25) is 0 Å². The Balaban J connectivity index is 1.59. The molecule has 1 amide bonds. The van der Waals surface area contributed by atoms with Crippen molar-refractivity contribution >= 4 is 43.0 Å². The third-order valence-electron chi connectivity index (χ3n) is 4.27. The molecule has 0 bridgehead atoms. The van der Waals surface area contributed by atoms with Crippen LogP contribution < -0.4 is 0 Å². The van der Waals surface area contributed by atoms with Crippen molar-refractivity contribution in [3.8, 4) is 0 Å². The average molecular weight is 457 g/mol. The van der Waals surface area contributed by atoms with Crippen molar-refractivity contribution < 1.29 is 13.2 Å². The van der Waals surface area contributed by atoms with Crippen LogP contribution in [-0.2, 0) is 22.1 Å². The number of nitrogens with zero attached hydrogens (tertiary/aromatic N) is 2. The molecule has 5 nitrogen and oxygen atoms in total. The molecule has 2 aromatic rings. The zero-order valence-corrected chi connectivity index (χ0v) is 17.7. The van der Waals surface area contributed by atoms with Gasteiger partial charge in [0, 0.05) is 49.4 Å². The molecule has 0 N–H and O–H groups in total. The molecule has 1 aliphatic heterocycles. The summed E-state index contributed by atoms with van der Waals surface area (Å²) in [6, 6.07) is 11.1. The predicted octanol–water partition coefficient (Wildman–Crippen LogP) is 3.01. The molecule has 2 heterocycles. The maximum Gasteiger partial charge on any atom is 0.253 e. The Morgan fingerprint density at radius 2 is 1.88 bits per heavy atom. The van der Waals surface area contributed by atoms with Crippen LogP contribution in [0.25, 0.3) is 0 Å². The highest BCUT2D eigenvalue weighted by Crippen LogP contribution is 2.23. The van der Waals surface area contributed by atoms with Crippen LogP contribution in [0, 0.1) is 0 Å². The first-order chi connectivity index (χ1) is 12.3. The monoisotopic (exact) mass is 456 g/mol. The molecule has 1 aliphatic rings. The van der Waals surface area contributed by atoms with Crippen LogP contribution in [0.1, 0.15) is 20.8 Å². The molecule has 0 radical (unpaired) electrons. The zero-order chi connectivity index (χ0) is 18.7. The van der Waals surface area contributed by atoms with Crippen molar-refractivity contribution in [2.75, 3.05) is 32.4 Å². The Morgan fingerprint density at radius 1 is 1.15 bits per heavy atom. The molecule has 3 rings (SSSR count). The van der Waals surface area contributed by atoms with Crippen LogP contribution in [0.15, 0.2) is 40.2 Å². The topological polar surface area (TPSA) is 57.7 Å². The van der Waals surface area contributed by atoms with Crippen LogP contribution in [0.4, 0.5) is 0 Å². The van der Waals surface area contributed by atoms with Crippen molar-refractivity contribution in [1.82, 2.24) is 9.80 Å². The Kier molecular flexibility index (Phi) is 6.17. The summed E-state index contributed by atoms with van der Waals surface area (Å²) < 4.78 is 24.1. The molecular formula is C18H21BrN2O3S2. The summed E-state index contributed by atoms with van der Waals surface area (Å²) in [7, 11) is -3.11. The van der Waals surface area contributed by atoms with Gasteiger partial charge in [-0.2, -0.15) is 0 Å². The standard InChI is InChI=1S/C18H21BrN2O3S2/c1-26(23,24)13-14-3-2-4-15(11-14)18(22)21-9-7-20(8-10-21)12-16-5-6-17(19)25-16/h2-6,11H,7-10,12-13H2,1H3. The van der Waals surface area contributed by atoms with Crippen molar-refractivity contribution in [1.29, 1.82) is 0 Å². The molecule has 1 fully saturated rings.